The SMILES string of the molecule is C=CC(C)(c1cc(C(C)(C)C)c(O)cc1C)c1cc(C(C)(C)C)c(O)cc1C. The van der Waals surface area contributed by atoms with Crippen LogP contribution in [0.4, 0.5) is 0 Å². The zero-order chi connectivity index (χ0) is 21.7. The number of phenolic OH excluding ortho intramolecular Hbond substituents is 2. The van der Waals surface area contributed by atoms with Gasteiger partial charge in [0.1, 0.15) is 11.5 Å². The van der Waals surface area contributed by atoms with Gasteiger partial charge in [0.05, 0.1) is 0 Å². The van der Waals surface area contributed by atoms with Crippen LogP contribution in [0, 0.1) is 13.8 Å². The van der Waals surface area contributed by atoms with E-state index in [2.05, 4.69) is 67.2 Å². The van der Waals surface area contributed by atoms with Gasteiger partial charge in [0.15, 0.2) is 0 Å². The Balaban J connectivity index is 2.86. The fourth-order valence-corrected chi connectivity index (χ4v) is 4.07. The molecule has 0 amide bonds. The van der Waals surface area contributed by atoms with E-state index in [4.69, 9.17) is 0 Å². The summed E-state index contributed by atoms with van der Waals surface area (Å²) in [6.07, 6.45) is 1.98. The average molecular weight is 381 g/mol. The van der Waals surface area contributed by atoms with Crippen LogP contribution in [0.15, 0.2) is 36.9 Å². The van der Waals surface area contributed by atoms with E-state index in [1.165, 1.54) is 0 Å². The van der Waals surface area contributed by atoms with Crippen LogP contribution < -0.4 is 0 Å². The molecule has 2 aromatic carbocycles. The molecule has 0 aliphatic heterocycles. The summed E-state index contributed by atoms with van der Waals surface area (Å²) < 4.78 is 0. The Labute approximate surface area is 170 Å². The van der Waals surface area contributed by atoms with Gasteiger partial charge < -0.3 is 10.2 Å². The zero-order valence-corrected chi connectivity index (χ0v) is 19.0. The molecule has 0 aliphatic carbocycles. The number of rotatable bonds is 3. The van der Waals surface area contributed by atoms with Crippen molar-refractivity contribution in [2.45, 2.75) is 78.6 Å². The van der Waals surface area contributed by atoms with Gasteiger partial charge in [-0.1, -0.05) is 59.8 Å². The third-order valence-electron chi connectivity index (χ3n) is 5.83. The van der Waals surface area contributed by atoms with E-state index in [-0.39, 0.29) is 10.8 Å². The highest BCUT2D eigenvalue weighted by atomic mass is 16.3. The molecule has 0 spiro atoms. The van der Waals surface area contributed by atoms with Crippen molar-refractivity contribution in [3.8, 4) is 11.5 Å². The lowest BCUT2D eigenvalue weighted by Gasteiger charge is -2.34. The summed E-state index contributed by atoms with van der Waals surface area (Å²) >= 11 is 0. The Hall–Kier alpha value is -2.22. The second kappa shape index (κ2) is 6.99. The number of aryl methyl sites for hydroxylation is 2. The van der Waals surface area contributed by atoms with Gasteiger partial charge in [-0.05, 0) is 77.1 Å². The summed E-state index contributed by atoms with van der Waals surface area (Å²) in [6.45, 7) is 23.0. The first-order valence-electron chi connectivity index (χ1n) is 9.95. The molecule has 0 unspecified atom stereocenters. The van der Waals surface area contributed by atoms with Crippen LogP contribution in [0.3, 0.4) is 0 Å². The molecular weight excluding hydrogens is 344 g/mol. The average Bonchev–Trinajstić information content (AvgIpc) is 2.51. The largest absolute Gasteiger partial charge is 0.508 e. The van der Waals surface area contributed by atoms with E-state index in [1.807, 2.05) is 32.1 Å². The van der Waals surface area contributed by atoms with Crippen LogP contribution in [0.2, 0.25) is 0 Å². The van der Waals surface area contributed by atoms with Crippen molar-refractivity contribution in [2.75, 3.05) is 0 Å². The predicted molar refractivity (Wildman–Crippen MR) is 120 cm³/mol. The monoisotopic (exact) mass is 380 g/mol. The molecule has 0 bridgehead atoms. The molecule has 0 fully saturated rings. The van der Waals surface area contributed by atoms with Crippen LogP contribution >= 0.6 is 0 Å². The van der Waals surface area contributed by atoms with Gasteiger partial charge in [-0.3, -0.25) is 0 Å². The quantitative estimate of drug-likeness (QED) is 0.575. The summed E-state index contributed by atoms with van der Waals surface area (Å²) in [5, 5.41) is 21.1. The first kappa shape index (κ1) is 22.1. The van der Waals surface area contributed by atoms with Crippen molar-refractivity contribution in [1.82, 2.24) is 0 Å². The highest BCUT2D eigenvalue weighted by Gasteiger charge is 2.33. The number of allylic oxidation sites excluding steroid dienone is 1. The van der Waals surface area contributed by atoms with Crippen molar-refractivity contribution < 1.29 is 10.2 Å². The van der Waals surface area contributed by atoms with Gasteiger partial charge in [0, 0.05) is 5.41 Å². The highest BCUT2D eigenvalue weighted by molar-refractivity contribution is 5.57. The van der Waals surface area contributed by atoms with E-state index in [0.717, 1.165) is 33.4 Å². The maximum absolute atomic E-state index is 10.5. The number of aromatic hydroxyl groups is 2. The molecule has 152 valence electrons. The Morgan fingerprint density at radius 2 is 0.964 bits per heavy atom. The molecule has 0 saturated heterocycles. The molecule has 0 heterocycles. The van der Waals surface area contributed by atoms with Gasteiger partial charge in [0.25, 0.3) is 0 Å². The Morgan fingerprint density at radius 1 is 0.643 bits per heavy atom. The minimum atomic E-state index is -0.449. The summed E-state index contributed by atoms with van der Waals surface area (Å²) in [4.78, 5) is 0. The summed E-state index contributed by atoms with van der Waals surface area (Å²) in [5.74, 6) is 0.663. The standard InChI is InChI=1S/C26H36O2/c1-11-26(10,18-14-20(24(4,5)6)22(27)12-16(18)2)19-15-21(25(7,8)9)23(28)13-17(19)3/h11-15,27-28H,1H2,2-10H3. The van der Waals surface area contributed by atoms with Crippen LogP contribution in [-0.4, -0.2) is 10.2 Å². The smallest absolute Gasteiger partial charge is 0.119 e. The molecule has 0 radical (unpaired) electrons. The lowest BCUT2D eigenvalue weighted by atomic mass is 9.70. The molecular formula is C26H36O2. The first-order valence-corrected chi connectivity index (χ1v) is 9.95. The van der Waals surface area contributed by atoms with Crippen LogP contribution in [0.1, 0.15) is 81.8 Å². The first-order chi connectivity index (χ1) is 12.6. The molecule has 0 atom stereocenters. The molecule has 28 heavy (non-hydrogen) atoms. The van der Waals surface area contributed by atoms with E-state index in [1.54, 1.807) is 0 Å². The van der Waals surface area contributed by atoms with E-state index >= 15 is 0 Å². The van der Waals surface area contributed by atoms with E-state index in [0.29, 0.717) is 11.5 Å². The summed E-state index contributed by atoms with van der Waals surface area (Å²) in [6, 6.07) is 7.96. The number of hydrogen-bond donors (Lipinski definition) is 2. The van der Waals surface area contributed by atoms with Gasteiger partial charge >= 0.3 is 0 Å². The molecule has 0 aromatic heterocycles. The summed E-state index contributed by atoms with van der Waals surface area (Å²) in [7, 11) is 0. The molecule has 2 heteroatoms. The van der Waals surface area contributed by atoms with Crippen molar-refractivity contribution in [3.05, 3.63) is 70.3 Å². The fourth-order valence-electron chi connectivity index (χ4n) is 4.07. The highest BCUT2D eigenvalue weighted by Crippen LogP contribution is 2.44. The van der Waals surface area contributed by atoms with Crippen molar-refractivity contribution in [2.24, 2.45) is 0 Å². The van der Waals surface area contributed by atoms with Crippen molar-refractivity contribution >= 4 is 0 Å². The molecule has 2 nitrogen and oxygen atoms in total. The van der Waals surface area contributed by atoms with Crippen molar-refractivity contribution in [3.63, 3.8) is 0 Å². The molecule has 2 rings (SSSR count). The maximum Gasteiger partial charge on any atom is 0.119 e. The minimum Gasteiger partial charge on any atom is -0.508 e. The Morgan fingerprint density at radius 3 is 1.21 bits per heavy atom. The Kier molecular flexibility index (Phi) is 5.51. The molecule has 0 aliphatic rings. The van der Waals surface area contributed by atoms with Gasteiger partial charge in [-0.25, -0.2) is 0 Å². The predicted octanol–water partition coefficient (Wildman–Crippen LogP) is 6.80. The normalized spacial score (nSPS) is 12.9. The maximum atomic E-state index is 10.5. The second-order valence-electron chi connectivity index (χ2n) is 10.3. The number of hydrogen-bond acceptors (Lipinski definition) is 2. The zero-order valence-electron chi connectivity index (χ0n) is 19.0. The lowest BCUT2D eigenvalue weighted by molar-refractivity contribution is 0.444. The molecule has 2 aromatic rings. The van der Waals surface area contributed by atoms with Crippen LogP contribution in [-0.2, 0) is 16.2 Å². The third kappa shape index (κ3) is 3.83. The van der Waals surface area contributed by atoms with Gasteiger partial charge in [0.2, 0.25) is 0 Å². The van der Waals surface area contributed by atoms with Gasteiger partial charge in [-0.15, -0.1) is 6.58 Å². The Bertz CT molecular complexity index is 836. The molecule has 2 N–H and O–H groups in total. The lowest BCUT2D eigenvalue weighted by Crippen LogP contribution is -2.25. The van der Waals surface area contributed by atoms with E-state index < -0.39 is 5.41 Å². The van der Waals surface area contributed by atoms with Gasteiger partial charge in [-0.2, -0.15) is 0 Å². The minimum absolute atomic E-state index is 0.171. The van der Waals surface area contributed by atoms with Crippen molar-refractivity contribution in [1.29, 1.82) is 0 Å². The fraction of sp³-hybridized carbons (Fsp3) is 0.462. The number of phenols is 2. The second-order valence-corrected chi connectivity index (χ2v) is 10.3. The van der Waals surface area contributed by atoms with E-state index in [9.17, 15) is 10.2 Å². The van der Waals surface area contributed by atoms with Crippen LogP contribution in [0.25, 0.3) is 0 Å². The summed E-state index contributed by atoms with van der Waals surface area (Å²) in [5.41, 5.74) is 5.36. The van der Waals surface area contributed by atoms with Crippen LogP contribution in [0.5, 0.6) is 11.5 Å². The third-order valence-corrected chi connectivity index (χ3v) is 5.83. The topological polar surface area (TPSA) is 40.5 Å². The molecule has 0 saturated carbocycles. The number of benzene rings is 2.